The van der Waals surface area contributed by atoms with Crippen LogP contribution in [0, 0.1) is 0 Å². The molecule has 0 fully saturated rings. The predicted molar refractivity (Wildman–Crippen MR) is 117 cm³/mol. The first-order valence-electron chi connectivity index (χ1n) is 10.3. The lowest BCUT2D eigenvalue weighted by Crippen LogP contribution is -2.59. The van der Waals surface area contributed by atoms with Crippen LogP contribution in [0.1, 0.15) is 13.3 Å². The number of amides is 6. The molecule has 4 atom stereocenters. The van der Waals surface area contributed by atoms with Crippen molar-refractivity contribution in [2.24, 2.45) is 5.73 Å². The molecule has 16 heteroatoms. The monoisotopic (exact) mass is 493 g/mol. The number of nitrogens with one attached hydrogen (secondary N) is 6. The van der Waals surface area contributed by atoms with Gasteiger partial charge in [-0.2, -0.15) is 0 Å². The van der Waals surface area contributed by atoms with Crippen molar-refractivity contribution in [1.82, 2.24) is 32.1 Å². The Balaban J connectivity index is 4.85. The average Bonchev–Trinajstić information content (AvgIpc) is 2.75. The van der Waals surface area contributed by atoms with Crippen LogP contribution < -0.4 is 37.9 Å². The molecule has 16 nitrogen and oxygen atoms in total. The fourth-order valence-electron chi connectivity index (χ4n) is 2.49. The third kappa shape index (κ3) is 13.5. The van der Waals surface area contributed by atoms with Crippen molar-refractivity contribution >= 4 is 29.7 Å². The zero-order valence-electron chi connectivity index (χ0n) is 19.4. The highest BCUT2D eigenvalue weighted by Crippen LogP contribution is 1.96. The summed E-state index contributed by atoms with van der Waals surface area (Å²) in [6, 6.07) is -4.38. The van der Waals surface area contributed by atoms with E-state index in [0.717, 1.165) is 0 Å². The second-order valence-electron chi connectivity index (χ2n) is 7.09. The summed E-state index contributed by atoms with van der Waals surface area (Å²) < 4.78 is 9.43. The summed E-state index contributed by atoms with van der Waals surface area (Å²) in [5.74, 6) is -2.83. The highest BCUT2D eigenvalue weighted by molar-refractivity contribution is 5.88. The van der Waals surface area contributed by atoms with Crippen LogP contribution in [0.4, 0.5) is 4.79 Å². The molecule has 0 saturated carbocycles. The normalized spacial score (nSPS) is 14.1. The van der Waals surface area contributed by atoms with Crippen LogP contribution in [0.15, 0.2) is 0 Å². The summed E-state index contributed by atoms with van der Waals surface area (Å²) in [6.45, 7) is 0.510. The maximum atomic E-state index is 12.3. The molecule has 6 amide bonds. The molecule has 0 heterocycles. The number of nitrogens with two attached hydrogens (primary N) is 1. The Bertz CT molecular complexity index is 678. The molecule has 0 rings (SSSR count). The highest BCUT2D eigenvalue weighted by atomic mass is 16.5. The number of aliphatic hydroxyl groups is 2. The van der Waals surface area contributed by atoms with Crippen molar-refractivity contribution < 1.29 is 43.7 Å². The Morgan fingerprint density at radius 3 is 2.21 bits per heavy atom. The summed E-state index contributed by atoms with van der Waals surface area (Å²) in [5, 5.41) is 28.5. The SMILES string of the molecule is COCCNC(=O)[C@@H](NC(=O)N[C@H](CNNC(=O)[C@H](CO)NC(=O)COC)CC(N)=O)C(C)O. The highest BCUT2D eigenvalue weighted by Gasteiger charge is 2.27. The smallest absolute Gasteiger partial charge is 0.315 e. The van der Waals surface area contributed by atoms with Crippen LogP contribution in [0.3, 0.4) is 0 Å². The van der Waals surface area contributed by atoms with Gasteiger partial charge < -0.3 is 46.7 Å². The fraction of sp³-hybridized carbons (Fsp3) is 0.722. The predicted octanol–water partition coefficient (Wildman–Crippen LogP) is -5.21. The molecule has 0 aliphatic carbocycles. The molecule has 0 saturated heterocycles. The Hall–Kier alpha value is -3.05. The van der Waals surface area contributed by atoms with Gasteiger partial charge in [0.1, 0.15) is 18.7 Å². The van der Waals surface area contributed by atoms with Crippen LogP contribution in [0.2, 0.25) is 0 Å². The second-order valence-corrected chi connectivity index (χ2v) is 7.09. The van der Waals surface area contributed by atoms with Crippen molar-refractivity contribution in [3.8, 4) is 0 Å². The van der Waals surface area contributed by atoms with E-state index in [1.165, 1.54) is 21.1 Å². The van der Waals surface area contributed by atoms with Crippen LogP contribution >= 0.6 is 0 Å². The number of primary amides is 1. The van der Waals surface area contributed by atoms with Crippen molar-refractivity contribution in [2.45, 2.75) is 37.6 Å². The summed E-state index contributed by atoms with van der Waals surface area (Å²) in [5.41, 5.74) is 9.87. The van der Waals surface area contributed by atoms with Gasteiger partial charge in [-0.25, -0.2) is 10.2 Å². The quantitative estimate of drug-likeness (QED) is 0.0688. The van der Waals surface area contributed by atoms with Gasteiger partial charge >= 0.3 is 6.03 Å². The first-order chi connectivity index (χ1) is 16.0. The van der Waals surface area contributed by atoms with Gasteiger partial charge in [-0.15, -0.1) is 0 Å². The minimum Gasteiger partial charge on any atom is -0.394 e. The maximum Gasteiger partial charge on any atom is 0.315 e. The fourth-order valence-corrected chi connectivity index (χ4v) is 2.49. The minimum atomic E-state index is -1.29. The van der Waals surface area contributed by atoms with E-state index in [4.69, 9.17) is 10.5 Å². The average molecular weight is 494 g/mol. The maximum absolute atomic E-state index is 12.3. The van der Waals surface area contributed by atoms with Crippen LogP contribution in [0.25, 0.3) is 0 Å². The largest absolute Gasteiger partial charge is 0.394 e. The van der Waals surface area contributed by atoms with Crippen LogP contribution in [-0.2, 0) is 28.7 Å². The Morgan fingerprint density at radius 1 is 1.00 bits per heavy atom. The minimum absolute atomic E-state index is 0.163. The van der Waals surface area contributed by atoms with Gasteiger partial charge in [-0.1, -0.05) is 0 Å². The number of aliphatic hydroxyl groups excluding tert-OH is 2. The van der Waals surface area contributed by atoms with Crippen molar-refractivity contribution in [2.75, 3.05) is 47.1 Å². The first kappa shape index (κ1) is 30.9. The molecule has 0 bridgehead atoms. The Morgan fingerprint density at radius 2 is 1.68 bits per heavy atom. The molecular weight excluding hydrogens is 458 g/mol. The van der Waals surface area contributed by atoms with E-state index in [9.17, 15) is 34.2 Å². The van der Waals surface area contributed by atoms with E-state index in [-0.39, 0.29) is 32.7 Å². The lowest BCUT2D eigenvalue weighted by molar-refractivity contribution is -0.132. The number of hydrazine groups is 1. The molecule has 0 aromatic carbocycles. The van der Waals surface area contributed by atoms with Gasteiger partial charge in [0.05, 0.1) is 25.4 Å². The number of carbonyl (C=O) groups excluding carboxylic acids is 5. The van der Waals surface area contributed by atoms with Gasteiger partial charge in [0.15, 0.2) is 0 Å². The summed E-state index contributed by atoms with van der Waals surface area (Å²) >= 11 is 0. The van der Waals surface area contributed by atoms with Crippen molar-refractivity contribution in [3.05, 3.63) is 0 Å². The number of ether oxygens (including phenoxy) is 2. The Kier molecular flexibility index (Phi) is 15.9. The third-order valence-electron chi connectivity index (χ3n) is 4.11. The summed E-state index contributed by atoms with van der Waals surface area (Å²) in [7, 11) is 2.73. The van der Waals surface area contributed by atoms with E-state index in [1.54, 1.807) is 0 Å². The van der Waals surface area contributed by atoms with E-state index < -0.39 is 60.5 Å². The molecule has 10 N–H and O–H groups in total. The summed E-state index contributed by atoms with van der Waals surface area (Å²) in [6.07, 6.45) is -1.56. The number of rotatable bonds is 17. The molecule has 0 aromatic rings. The van der Waals surface area contributed by atoms with Gasteiger partial charge in [0, 0.05) is 33.7 Å². The van der Waals surface area contributed by atoms with Gasteiger partial charge in [0.25, 0.3) is 5.91 Å². The molecule has 0 radical (unpaired) electrons. The molecule has 0 aromatic heterocycles. The van der Waals surface area contributed by atoms with E-state index in [2.05, 4.69) is 36.9 Å². The molecule has 34 heavy (non-hydrogen) atoms. The van der Waals surface area contributed by atoms with Crippen molar-refractivity contribution in [1.29, 1.82) is 0 Å². The number of urea groups is 1. The van der Waals surface area contributed by atoms with Gasteiger partial charge in [-0.05, 0) is 6.92 Å². The van der Waals surface area contributed by atoms with E-state index >= 15 is 0 Å². The zero-order valence-corrected chi connectivity index (χ0v) is 19.4. The molecule has 0 aliphatic rings. The van der Waals surface area contributed by atoms with Crippen LogP contribution in [0.5, 0.6) is 0 Å². The topological polar surface area (TPSA) is 242 Å². The molecule has 1 unspecified atom stereocenters. The number of hydrogen-bond donors (Lipinski definition) is 9. The summed E-state index contributed by atoms with van der Waals surface area (Å²) in [4.78, 5) is 59.4. The zero-order chi connectivity index (χ0) is 26.1. The lowest BCUT2D eigenvalue weighted by Gasteiger charge is -2.24. The second kappa shape index (κ2) is 17.4. The first-order valence-corrected chi connectivity index (χ1v) is 10.3. The van der Waals surface area contributed by atoms with Gasteiger partial charge in [-0.3, -0.25) is 24.6 Å². The number of carbonyl (C=O) groups is 5. The van der Waals surface area contributed by atoms with Crippen molar-refractivity contribution in [3.63, 3.8) is 0 Å². The molecular formula is C18H35N7O9. The third-order valence-corrected chi connectivity index (χ3v) is 4.11. The van der Waals surface area contributed by atoms with E-state index in [0.29, 0.717) is 0 Å². The number of hydrogen-bond acceptors (Lipinski definition) is 10. The standard InChI is InChI=1S/C18H35N7O9/c1-10(27)15(17(31)20-4-5-33-2)24-18(32)22-11(6-13(19)28)7-21-25-16(30)12(8-26)23-14(29)9-34-3/h10-12,15,21,26-27H,4-9H2,1-3H3,(H2,19,28)(H,20,31)(H,23,29)(H,25,30)(H2,22,24,32)/t10?,11-,12-,15-/m0/s1. The molecule has 0 aliphatic heterocycles. The van der Waals surface area contributed by atoms with Crippen LogP contribution in [-0.4, -0.2) is 111 Å². The van der Waals surface area contributed by atoms with Gasteiger partial charge in [0.2, 0.25) is 17.7 Å². The Labute approximate surface area is 196 Å². The lowest BCUT2D eigenvalue weighted by atomic mass is 10.1. The van der Waals surface area contributed by atoms with E-state index in [1.807, 2.05) is 0 Å². The molecule has 0 spiro atoms. The number of methoxy groups -OCH3 is 2. The molecule has 196 valence electrons.